The van der Waals surface area contributed by atoms with Crippen molar-refractivity contribution < 1.29 is 15.0 Å². The molecule has 1 atom stereocenters. The third-order valence-electron chi connectivity index (χ3n) is 2.44. The lowest BCUT2D eigenvalue weighted by molar-refractivity contribution is -0.139. The molecular weight excluding hydrogens is 192 g/mol. The Balaban J connectivity index is 3.08. The molecule has 15 heavy (non-hydrogen) atoms. The number of aryl methyl sites for hydroxylation is 3. The lowest BCUT2D eigenvalue weighted by Crippen LogP contribution is -2.08. The predicted molar refractivity (Wildman–Crippen MR) is 57.9 cm³/mol. The summed E-state index contributed by atoms with van der Waals surface area (Å²) in [4.78, 5) is 10.5. The number of aliphatic carboxylic acids is 1. The van der Waals surface area contributed by atoms with Gasteiger partial charge in [0.2, 0.25) is 0 Å². The van der Waals surface area contributed by atoms with E-state index in [0.29, 0.717) is 0 Å². The fourth-order valence-electron chi connectivity index (χ4n) is 1.98. The van der Waals surface area contributed by atoms with Crippen LogP contribution in [0.5, 0.6) is 0 Å². The first-order chi connectivity index (χ1) is 6.91. The van der Waals surface area contributed by atoms with E-state index in [1.54, 1.807) is 0 Å². The number of aliphatic hydroxyl groups excluding tert-OH is 1. The minimum atomic E-state index is -0.984. The summed E-state index contributed by atoms with van der Waals surface area (Å²) in [6, 6.07) is 3.90. The van der Waals surface area contributed by atoms with E-state index >= 15 is 0 Å². The number of hydrogen-bond donors (Lipinski definition) is 2. The van der Waals surface area contributed by atoms with E-state index in [1.807, 2.05) is 32.9 Å². The van der Waals surface area contributed by atoms with Gasteiger partial charge < -0.3 is 10.2 Å². The van der Waals surface area contributed by atoms with Crippen LogP contribution in [-0.4, -0.2) is 16.2 Å². The highest BCUT2D eigenvalue weighted by Gasteiger charge is 2.16. The Hall–Kier alpha value is -1.35. The fourth-order valence-corrected chi connectivity index (χ4v) is 1.98. The van der Waals surface area contributed by atoms with Gasteiger partial charge in [0.05, 0.1) is 12.5 Å². The van der Waals surface area contributed by atoms with Crippen molar-refractivity contribution in [2.24, 2.45) is 0 Å². The molecule has 1 rings (SSSR count). The van der Waals surface area contributed by atoms with E-state index in [9.17, 15) is 9.90 Å². The van der Waals surface area contributed by atoms with Crippen LogP contribution in [0.1, 0.15) is 34.8 Å². The summed E-state index contributed by atoms with van der Waals surface area (Å²) in [6.45, 7) is 5.76. The standard InChI is InChI=1S/C12H16O3/c1-7-4-8(2)12(9(3)5-7)10(13)6-11(14)15/h4-5,10,13H,6H2,1-3H3,(H,14,15)/t10-/m0/s1. The number of aliphatic hydroxyl groups is 1. The van der Waals surface area contributed by atoms with Crippen molar-refractivity contribution in [3.8, 4) is 0 Å². The Morgan fingerprint density at radius 1 is 1.27 bits per heavy atom. The second-order valence-corrected chi connectivity index (χ2v) is 3.93. The van der Waals surface area contributed by atoms with Gasteiger partial charge in [0.15, 0.2) is 0 Å². The summed E-state index contributed by atoms with van der Waals surface area (Å²) in [7, 11) is 0. The highest BCUT2D eigenvalue weighted by atomic mass is 16.4. The molecule has 0 aliphatic carbocycles. The number of carbonyl (C=O) groups is 1. The molecule has 0 saturated carbocycles. The summed E-state index contributed by atoms with van der Waals surface area (Å²) in [6.07, 6.45) is -1.16. The van der Waals surface area contributed by atoms with Gasteiger partial charge in [-0.05, 0) is 37.5 Å². The van der Waals surface area contributed by atoms with Crippen molar-refractivity contribution in [3.05, 3.63) is 34.4 Å². The van der Waals surface area contributed by atoms with E-state index in [1.165, 1.54) is 0 Å². The van der Waals surface area contributed by atoms with Crippen molar-refractivity contribution >= 4 is 5.97 Å². The summed E-state index contributed by atoms with van der Waals surface area (Å²) in [5.41, 5.74) is 3.75. The molecule has 2 N–H and O–H groups in total. The maximum absolute atomic E-state index is 10.5. The van der Waals surface area contributed by atoms with Crippen molar-refractivity contribution in [3.63, 3.8) is 0 Å². The highest BCUT2D eigenvalue weighted by Crippen LogP contribution is 2.25. The molecule has 0 saturated heterocycles. The normalized spacial score (nSPS) is 12.5. The third kappa shape index (κ3) is 2.80. The quantitative estimate of drug-likeness (QED) is 0.800. The average molecular weight is 208 g/mol. The van der Waals surface area contributed by atoms with Gasteiger partial charge in [-0.15, -0.1) is 0 Å². The molecule has 0 aliphatic rings. The Labute approximate surface area is 89.4 Å². The van der Waals surface area contributed by atoms with Crippen LogP contribution >= 0.6 is 0 Å². The maximum Gasteiger partial charge on any atom is 0.306 e. The molecule has 3 heteroatoms. The number of benzene rings is 1. The maximum atomic E-state index is 10.5. The number of rotatable bonds is 3. The highest BCUT2D eigenvalue weighted by molar-refractivity contribution is 5.68. The van der Waals surface area contributed by atoms with Crippen LogP contribution in [0.2, 0.25) is 0 Å². The minimum Gasteiger partial charge on any atom is -0.481 e. The molecule has 0 heterocycles. The molecule has 0 aromatic heterocycles. The molecule has 0 bridgehead atoms. The minimum absolute atomic E-state index is 0.245. The van der Waals surface area contributed by atoms with Crippen LogP contribution < -0.4 is 0 Å². The molecule has 0 fully saturated rings. The summed E-state index contributed by atoms with van der Waals surface area (Å²) < 4.78 is 0. The fraction of sp³-hybridized carbons (Fsp3) is 0.417. The van der Waals surface area contributed by atoms with Gasteiger partial charge in [0, 0.05) is 0 Å². The summed E-state index contributed by atoms with van der Waals surface area (Å²) >= 11 is 0. The van der Waals surface area contributed by atoms with Crippen LogP contribution in [0.4, 0.5) is 0 Å². The Morgan fingerprint density at radius 3 is 2.13 bits per heavy atom. The molecule has 3 nitrogen and oxygen atoms in total. The second kappa shape index (κ2) is 4.45. The molecular formula is C12H16O3. The van der Waals surface area contributed by atoms with E-state index in [2.05, 4.69) is 0 Å². The number of carboxylic acids is 1. The smallest absolute Gasteiger partial charge is 0.306 e. The first-order valence-electron chi connectivity index (χ1n) is 4.89. The van der Waals surface area contributed by atoms with Crippen molar-refractivity contribution in [1.82, 2.24) is 0 Å². The van der Waals surface area contributed by atoms with Gasteiger partial charge in [0.25, 0.3) is 0 Å². The van der Waals surface area contributed by atoms with E-state index in [-0.39, 0.29) is 6.42 Å². The Bertz CT molecular complexity index is 359. The molecule has 0 aliphatic heterocycles. The molecule has 1 aromatic rings. The van der Waals surface area contributed by atoms with Crippen LogP contribution in [0, 0.1) is 20.8 Å². The van der Waals surface area contributed by atoms with Gasteiger partial charge in [-0.3, -0.25) is 4.79 Å². The Kier molecular flexibility index (Phi) is 3.48. The largest absolute Gasteiger partial charge is 0.481 e. The van der Waals surface area contributed by atoms with Gasteiger partial charge in [-0.2, -0.15) is 0 Å². The first kappa shape index (κ1) is 11.7. The Morgan fingerprint density at radius 2 is 1.73 bits per heavy atom. The molecule has 0 spiro atoms. The van der Waals surface area contributed by atoms with Crippen LogP contribution in [0.25, 0.3) is 0 Å². The van der Waals surface area contributed by atoms with E-state index in [0.717, 1.165) is 22.3 Å². The monoisotopic (exact) mass is 208 g/mol. The lowest BCUT2D eigenvalue weighted by atomic mass is 9.94. The summed E-state index contributed by atoms with van der Waals surface area (Å²) in [5.74, 6) is -0.984. The van der Waals surface area contributed by atoms with E-state index in [4.69, 9.17) is 5.11 Å². The molecule has 1 aromatic carbocycles. The van der Waals surface area contributed by atoms with Crippen LogP contribution in [0.3, 0.4) is 0 Å². The zero-order valence-electron chi connectivity index (χ0n) is 9.24. The third-order valence-corrected chi connectivity index (χ3v) is 2.44. The molecule has 0 unspecified atom stereocenters. The van der Waals surface area contributed by atoms with Crippen molar-refractivity contribution in [2.75, 3.05) is 0 Å². The van der Waals surface area contributed by atoms with Gasteiger partial charge in [0.1, 0.15) is 0 Å². The average Bonchev–Trinajstić information content (AvgIpc) is 1.99. The van der Waals surface area contributed by atoms with Crippen molar-refractivity contribution in [1.29, 1.82) is 0 Å². The van der Waals surface area contributed by atoms with Gasteiger partial charge >= 0.3 is 5.97 Å². The van der Waals surface area contributed by atoms with Crippen LogP contribution in [0.15, 0.2) is 12.1 Å². The number of hydrogen-bond acceptors (Lipinski definition) is 2. The predicted octanol–water partition coefficient (Wildman–Crippen LogP) is 2.12. The molecule has 0 amide bonds. The zero-order chi connectivity index (χ0) is 11.6. The zero-order valence-corrected chi connectivity index (χ0v) is 9.24. The second-order valence-electron chi connectivity index (χ2n) is 3.93. The van der Waals surface area contributed by atoms with Gasteiger partial charge in [-0.1, -0.05) is 17.7 Å². The topological polar surface area (TPSA) is 57.5 Å². The lowest BCUT2D eigenvalue weighted by Gasteiger charge is -2.15. The van der Waals surface area contributed by atoms with Crippen LogP contribution in [-0.2, 0) is 4.79 Å². The molecule has 0 radical (unpaired) electrons. The van der Waals surface area contributed by atoms with E-state index < -0.39 is 12.1 Å². The van der Waals surface area contributed by atoms with Gasteiger partial charge in [-0.25, -0.2) is 0 Å². The SMILES string of the molecule is Cc1cc(C)c([C@@H](O)CC(=O)O)c(C)c1. The summed E-state index contributed by atoms with van der Waals surface area (Å²) in [5, 5.41) is 18.4. The number of carboxylic acid groups (broad SMARTS) is 1. The first-order valence-corrected chi connectivity index (χ1v) is 4.89. The molecule has 82 valence electrons. The van der Waals surface area contributed by atoms with Crippen molar-refractivity contribution in [2.45, 2.75) is 33.3 Å².